The number of nitrogens with zero attached hydrogens (tertiary/aromatic N) is 1. The van der Waals surface area contributed by atoms with E-state index in [1.54, 1.807) is 25.3 Å². The van der Waals surface area contributed by atoms with Crippen LogP contribution in [0.4, 0.5) is 5.69 Å². The van der Waals surface area contributed by atoms with Gasteiger partial charge >= 0.3 is 0 Å². The summed E-state index contributed by atoms with van der Waals surface area (Å²) < 4.78 is 10.7. The molecule has 0 radical (unpaired) electrons. The normalized spacial score (nSPS) is 21.9. The summed E-state index contributed by atoms with van der Waals surface area (Å²) >= 11 is 0. The van der Waals surface area contributed by atoms with Gasteiger partial charge in [-0.25, -0.2) is 0 Å². The van der Waals surface area contributed by atoms with Crippen LogP contribution in [0.25, 0.3) is 0 Å². The van der Waals surface area contributed by atoms with Crippen LogP contribution in [0.5, 0.6) is 5.75 Å². The predicted octanol–water partition coefficient (Wildman–Crippen LogP) is 1.40. The molecule has 5 nitrogen and oxygen atoms in total. The zero-order valence-electron chi connectivity index (χ0n) is 10.7. The standard InChI is InChI=1S/C14H15NO4/c1-18-9-4-5-11-12(7-9)15(14(17)13(11)16)8-10-3-2-6-19-10/h4-5,7,10H,2-3,6,8H2,1H3. The van der Waals surface area contributed by atoms with Crippen LogP contribution in [-0.4, -0.2) is 38.1 Å². The second-order valence-electron chi connectivity index (χ2n) is 4.76. The van der Waals surface area contributed by atoms with Crippen molar-refractivity contribution in [2.24, 2.45) is 0 Å². The highest BCUT2D eigenvalue weighted by molar-refractivity contribution is 6.52. The number of ketones is 1. The van der Waals surface area contributed by atoms with Crippen molar-refractivity contribution in [1.29, 1.82) is 0 Å². The number of methoxy groups -OCH3 is 1. The van der Waals surface area contributed by atoms with E-state index in [1.807, 2.05) is 0 Å². The molecule has 1 aromatic carbocycles. The summed E-state index contributed by atoms with van der Waals surface area (Å²) in [7, 11) is 1.56. The second-order valence-corrected chi connectivity index (χ2v) is 4.76. The molecule has 0 bridgehead atoms. The Balaban J connectivity index is 1.92. The number of hydrogen-bond acceptors (Lipinski definition) is 4. The number of benzene rings is 1. The quantitative estimate of drug-likeness (QED) is 0.772. The Morgan fingerprint density at radius 2 is 2.26 bits per heavy atom. The zero-order chi connectivity index (χ0) is 13.4. The smallest absolute Gasteiger partial charge is 0.299 e. The lowest BCUT2D eigenvalue weighted by Gasteiger charge is -2.20. The number of anilines is 1. The minimum absolute atomic E-state index is 0.0221. The van der Waals surface area contributed by atoms with E-state index in [2.05, 4.69) is 0 Å². The molecular weight excluding hydrogens is 246 g/mol. The van der Waals surface area contributed by atoms with E-state index in [0.29, 0.717) is 23.5 Å². The number of carbonyl (C=O) groups excluding carboxylic acids is 2. The molecule has 100 valence electrons. The van der Waals surface area contributed by atoms with Crippen molar-refractivity contribution >= 4 is 17.4 Å². The third-order valence-electron chi connectivity index (χ3n) is 3.59. The summed E-state index contributed by atoms with van der Waals surface area (Å²) in [5.41, 5.74) is 1.08. The van der Waals surface area contributed by atoms with Gasteiger partial charge in [-0.2, -0.15) is 0 Å². The van der Waals surface area contributed by atoms with E-state index < -0.39 is 11.7 Å². The highest BCUT2D eigenvalue weighted by atomic mass is 16.5. The second kappa shape index (κ2) is 4.66. The Labute approximate surface area is 111 Å². The topological polar surface area (TPSA) is 55.8 Å². The summed E-state index contributed by atoms with van der Waals surface area (Å²) in [6.07, 6.45) is 1.96. The van der Waals surface area contributed by atoms with E-state index in [9.17, 15) is 9.59 Å². The number of hydrogen-bond donors (Lipinski definition) is 0. The third kappa shape index (κ3) is 2.00. The molecule has 2 heterocycles. The molecule has 2 aliphatic rings. The SMILES string of the molecule is COc1ccc2c(c1)N(CC1CCCO1)C(=O)C2=O. The van der Waals surface area contributed by atoms with E-state index >= 15 is 0 Å². The molecule has 1 saturated heterocycles. The Kier molecular flexibility index (Phi) is 2.98. The van der Waals surface area contributed by atoms with Gasteiger partial charge < -0.3 is 14.4 Å². The van der Waals surface area contributed by atoms with Gasteiger partial charge in [-0.1, -0.05) is 0 Å². The minimum atomic E-state index is -0.473. The fourth-order valence-corrected chi connectivity index (χ4v) is 2.57. The molecule has 1 aromatic rings. The summed E-state index contributed by atoms with van der Waals surface area (Å²) in [6.45, 7) is 1.16. The summed E-state index contributed by atoms with van der Waals surface area (Å²) in [4.78, 5) is 25.4. The van der Waals surface area contributed by atoms with Crippen LogP contribution in [0.2, 0.25) is 0 Å². The molecule has 1 atom stereocenters. The molecule has 1 unspecified atom stereocenters. The van der Waals surface area contributed by atoms with Crippen molar-refractivity contribution in [3.05, 3.63) is 23.8 Å². The van der Waals surface area contributed by atoms with E-state index in [4.69, 9.17) is 9.47 Å². The first kappa shape index (κ1) is 12.2. The van der Waals surface area contributed by atoms with E-state index in [1.165, 1.54) is 4.90 Å². The first-order valence-electron chi connectivity index (χ1n) is 6.36. The largest absolute Gasteiger partial charge is 0.497 e. The van der Waals surface area contributed by atoms with Crippen LogP contribution in [0.3, 0.4) is 0 Å². The molecule has 0 aromatic heterocycles. The number of rotatable bonds is 3. The number of fused-ring (bicyclic) bond motifs is 1. The molecule has 0 N–H and O–H groups in total. The highest BCUT2D eigenvalue weighted by Crippen LogP contribution is 2.33. The van der Waals surface area contributed by atoms with Gasteiger partial charge in [0.05, 0.1) is 31.0 Å². The lowest BCUT2D eigenvalue weighted by Crippen LogP contribution is -2.36. The summed E-state index contributed by atoms with van der Waals surface area (Å²) in [6, 6.07) is 5.07. The van der Waals surface area contributed by atoms with Gasteiger partial charge in [0.25, 0.3) is 11.7 Å². The van der Waals surface area contributed by atoms with Gasteiger partial charge in [0.2, 0.25) is 0 Å². The van der Waals surface area contributed by atoms with Crippen LogP contribution < -0.4 is 9.64 Å². The van der Waals surface area contributed by atoms with E-state index in [-0.39, 0.29) is 6.10 Å². The number of ether oxygens (including phenoxy) is 2. The molecule has 19 heavy (non-hydrogen) atoms. The Hall–Kier alpha value is -1.88. The molecule has 0 aliphatic carbocycles. The van der Waals surface area contributed by atoms with Crippen molar-refractivity contribution in [3.63, 3.8) is 0 Å². The monoisotopic (exact) mass is 261 g/mol. The molecular formula is C14H15NO4. The summed E-state index contributed by atoms with van der Waals surface area (Å²) in [5, 5.41) is 0. The maximum absolute atomic E-state index is 12.0. The highest BCUT2D eigenvalue weighted by Gasteiger charge is 2.37. The lowest BCUT2D eigenvalue weighted by molar-refractivity contribution is -0.114. The number of carbonyl (C=O) groups is 2. The Morgan fingerprint density at radius 1 is 1.42 bits per heavy atom. The fourth-order valence-electron chi connectivity index (χ4n) is 2.57. The van der Waals surface area contributed by atoms with Crippen molar-refractivity contribution in [3.8, 4) is 5.75 Å². The molecule has 1 fully saturated rings. The van der Waals surface area contributed by atoms with Crippen LogP contribution in [0, 0.1) is 0 Å². The molecule has 5 heteroatoms. The predicted molar refractivity (Wildman–Crippen MR) is 68.7 cm³/mol. The van der Waals surface area contributed by atoms with Gasteiger partial charge in [0, 0.05) is 12.7 Å². The van der Waals surface area contributed by atoms with Crippen molar-refractivity contribution in [1.82, 2.24) is 0 Å². The molecule has 0 saturated carbocycles. The first-order chi connectivity index (χ1) is 9.20. The van der Waals surface area contributed by atoms with Crippen LogP contribution in [0.15, 0.2) is 18.2 Å². The average molecular weight is 261 g/mol. The lowest BCUT2D eigenvalue weighted by atomic mass is 10.1. The third-order valence-corrected chi connectivity index (χ3v) is 3.59. The van der Waals surface area contributed by atoms with Crippen LogP contribution in [0.1, 0.15) is 23.2 Å². The zero-order valence-corrected chi connectivity index (χ0v) is 10.7. The number of Topliss-reactive ketones (excluding diaryl/α,β-unsaturated/α-hetero) is 1. The maximum atomic E-state index is 12.0. The van der Waals surface area contributed by atoms with Gasteiger partial charge in [0.1, 0.15) is 5.75 Å². The molecule has 1 amide bonds. The van der Waals surface area contributed by atoms with Gasteiger partial charge in [-0.15, -0.1) is 0 Å². The van der Waals surface area contributed by atoms with Gasteiger partial charge in [-0.05, 0) is 25.0 Å². The fraction of sp³-hybridized carbons (Fsp3) is 0.429. The van der Waals surface area contributed by atoms with Crippen LogP contribution >= 0.6 is 0 Å². The van der Waals surface area contributed by atoms with Crippen molar-refractivity contribution in [2.75, 3.05) is 25.2 Å². The molecule has 0 spiro atoms. The molecule has 3 rings (SSSR count). The maximum Gasteiger partial charge on any atom is 0.299 e. The van der Waals surface area contributed by atoms with Gasteiger partial charge in [0.15, 0.2) is 0 Å². The first-order valence-corrected chi connectivity index (χ1v) is 6.36. The van der Waals surface area contributed by atoms with Crippen LogP contribution in [-0.2, 0) is 9.53 Å². The Bertz CT molecular complexity index is 534. The Morgan fingerprint density at radius 3 is 2.95 bits per heavy atom. The van der Waals surface area contributed by atoms with E-state index in [0.717, 1.165) is 19.4 Å². The number of amides is 1. The minimum Gasteiger partial charge on any atom is -0.497 e. The summed E-state index contributed by atoms with van der Waals surface area (Å²) in [5.74, 6) is -0.284. The van der Waals surface area contributed by atoms with Gasteiger partial charge in [-0.3, -0.25) is 9.59 Å². The average Bonchev–Trinajstić information content (AvgIpc) is 3.02. The molecule has 2 aliphatic heterocycles. The van der Waals surface area contributed by atoms with Crippen molar-refractivity contribution < 1.29 is 19.1 Å². The van der Waals surface area contributed by atoms with Crippen molar-refractivity contribution in [2.45, 2.75) is 18.9 Å².